The zero-order chi connectivity index (χ0) is 59.4. The van der Waals surface area contributed by atoms with Gasteiger partial charge >= 0.3 is 11.9 Å². The van der Waals surface area contributed by atoms with Crippen molar-refractivity contribution >= 4 is 95.5 Å². The molecule has 10 atom stereocenters. The first-order chi connectivity index (χ1) is 36.5. The Bertz CT molecular complexity index is 2220. The topological polar surface area (TPSA) is 447 Å². The average Bonchev–Trinajstić information content (AvgIpc) is 3.35. The van der Waals surface area contributed by atoms with E-state index in [9.17, 15) is 68.1 Å². The summed E-state index contributed by atoms with van der Waals surface area (Å²) in [6, 6.07) is -3.99. The zero-order valence-corrected chi connectivity index (χ0v) is 47.0. The van der Waals surface area contributed by atoms with Gasteiger partial charge in [0.1, 0.15) is 48.3 Å². The molecule has 1 aromatic rings. The fraction of sp³-hybridized carbons (Fsp3) is 0.633. The van der Waals surface area contributed by atoms with Gasteiger partial charge in [-0.25, -0.2) is 4.79 Å². The van der Waals surface area contributed by atoms with Gasteiger partial charge in [0.05, 0.1) is 25.1 Å². The van der Waals surface area contributed by atoms with Crippen LogP contribution in [-0.4, -0.2) is 178 Å². The van der Waals surface area contributed by atoms with E-state index < -0.39 is 150 Å². The fourth-order valence-corrected chi connectivity index (χ4v) is 7.97. The number of hydrogen-bond acceptors (Lipinski definition) is 16. The Morgan fingerprint density at radius 1 is 0.615 bits per heavy atom. The minimum absolute atomic E-state index is 0.0190. The molecule has 0 heterocycles. The Kier molecular flexibility index (Phi) is 31.7. The summed E-state index contributed by atoms with van der Waals surface area (Å²) in [5.74, 6) is -12.3. The van der Waals surface area contributed by atoms with Crippen molar-refractivity contribution in [2.24, 2.45) is 39.9 Å². The predicted molar refractivity (Wildman–Crippen MR) is 294 cm³/mol. The number of thiol groups is 1. The van der Waals surface area contributed by atoms with Crippen LogP contribution in [0.1, 0.15) is 86.1 Å². The van der Waals surface area contributed by atoms with Crippen molar-refractivity contribution in [3.05, 3.63) is 35.9 Å². The van der Waals surface area contributed by atoms with E-state index in [-0.39, 0.29) is 56.3 Å². The molecular formula is C49H81N13O14S2. The van der Waals surface area contributed by atoms with Gasteiger partial charge < -0.3 is 80.4 Å². The molecule has 0 spiro atoms. The number of amides is 9. The molecule has 0 aromatic heterocycles. The van der Waals surface area contributed by atoms with Gasteiger partial charge in [0.15, 0.2) is 5.96 Å². The molecule has 29 heteroatoms. The van der Waals surface area contributed by atoms with Crippen LogP contribution in [0.4, 0.5) is 0 Å². The Balaban J connectivity index is 3.33. The first-order valence-corrected chi connectivity index (χ1v) is 27.3. The summed E-state index contributed by atoms with van der Waals surface area (Å²) >= 11 is 5.34. The van der Waals surface area contributed by atoms with Gasteiger partial charge in [-0.15, -0.1) is 0 Å². The average molecular weight is 1140 g/mol. The summed E-state index contributed by atoms with van der Waals surface area (Å²) < 4.78 is 0. The minimum atomic E-state index is -1.77. The molecule has 0 saturated heterocycles. The maximum Gasteiger partial charge on any atom is 0.326 e. The number of nitrogens with one attached hydrogen (secondary N) is 9. The van der Waals surface area contributed by atoms with Crippen molar-refractivity contribution in [2.45, 2.75) is 147 Å². The SMILES string of the molecule is CSCC[C@H](NC(=O)[C@@H](N)CS)C(=O)N[C@@H](CC(=O)O)C(=O)N[C@@H](CCCN=C(N)N)C(=O)NCC(=O)N[C@@H](CC(C)C)C(=O)N[C@H](C(=O)N[C@H](C(=O)N[C@@H](Cc1ccccc1)C(=O)N[C@H](C(=O)O)C(C)C)C(C)C)[C@@H](C)O. The van der Waals surface area contributed by atoms with Crippen molar-refractivity contribution in [1.29, 1.82) is 0 Å². The number of rotatable bonds is 36. The molecule has 0 saturated carbocycles. The summed E-state index contributed by atoms with van der Waals surface area (Å²) in [4.78, 5) is 150. The molecule has 0 bridgehead atoms. The minimum Gasteiger partial charge on any atom is -0.481 e. The molecular weight excluding hydrogens is 1060 g/mol. The van der Waals surface area contributed by atoms with E-state index in [2.05, 4.69) is 65.5 Å². The van der Waals surface area contributed by atoms with Gasteiger partial charge in [-0.2, -0.15) is 24.4 Å². The van der Waals surface area contributed by atoms with E-state index in [1.165, 1.54) is 18.7 Å². The third-order valence-corrected chi connectivity index (χ3v) is 12.6. The second-order valence-electron chi connectivity index (χ2n) is 19.5. The summed E-state index contributed by atoms with van der Waals surface area (Å²) in [5, 5.41) is 52.3. The van der Waals surface area contributed by atoms with Gasteiger partial charge in [-0.05, 0) is 67.9 Å². The number of aliphatic hydroxyl groups excluding tert-OH is 1. The number of hydrogen-bond donors (Lipinski definition) is 16. The van der Waals surface area contributed by atoms with Crippen LogP contribution in [0.15, 0.2) is 35.3 Å². The van der Waals surface area contributed by atoms with Crippen LogP contribution in [0.2, 0.25) is 0 Å². The fourth-order valence-electron chi connectivity index (χ4n) is 7.33. The number of aliphatic imine (C=N–C) groups is 1. The predicted octanol–water partition coefficient (Wildman–Crippen LogP) is -3.41. The first-order valence-electron chi connectivity index (χ1n) is 25.3. The molecule has 18 N–H and O–H groups in total. The smallest absolute Gasteiger partial charge is 0.326 e. The second-order valence-corrected chi connectivity index (χ2v) is 20.9. The van der Waals surface area contributed by atoms with Crippen LogP contribution in [0.5, 0.6) is 0 Å². The van der Waals surface area contributed by atoms with Gasteiger partial charge in [0.25, 0.3) is 0 Å². The van der Waals surface area contributed by atoms with E-state index in [0.717, 1.165) is 0 Å². The normalized spacial score (nSPS) is 15.0. The maximum absolute atomic E-state index is 13.9. The highest BCUT2D eigenvalue weighted by atomic mass is 32.2. The number of thioether (sulfide) groups is 1. The summed E-state index contributed by atoms with van der Waals surface area (Å²) in [6.07, 6.45) is -0.871. The number of benzene rings is 1. The number of carbonyl (C=O) groups excluding carboxylic acids is 9. The number of nitrogens with zero attached hydrogens (tertiary/aromatic N) is 1. The largest absolute Gasteiger partial charge is 0.481 e. The Labute approximate surface area is 463 Å². The Hall–Kier alpha value is -6.72. The molecule has 1 rings (SSSR count). The molecule has 0 aliphatic carbocycles. The van der Waals surface area contributed by atoms with Crippen LogP contribution < -0.4 is 65.1 Å². The quantitative estimate of drug-likeness (QED) is 0.0135. The van der Waals surface area contributed by atoms with Gasteiger partial charge in [0, 0.05) is 18.7 Å². The highest BCUT2D eigenvalue weighted by Crippen LogP contribution is 2.12. The second kappa shape index (κ2) is 35.6. The van der Waals surface area contributed by atoms with Crippen LogP contribution in [0.3, 0.4) is 0 Å². The van der Waals surface area contributed by atoms with Crippen LogP contribution in [0.25, 0.3) is 0 Å². The number of carboxylic acids is 2. The number of aliphatic hydroxyl groups is 1. The summed E-state index contributed by atoms with van der Waals surface area (Å²) in [6.45, 7) is 10.2. The van der Waals surface area contributed by atoms with Crippen LogP contribution >= 0.6 is 24.4 Å². The maximum atomic E-state index is 13.9. The Morgan fingerprint density at radius 3 is 1.64 bits per heavy atom. The molecule has 0 unspecified atom stereocenters. The van der Waals surface area contributed by atoms with Gasteiger partial charge in [-0.3, -0.25) is 52.9 Å². The van der Waals surface area contributed by atoms with Gasteiger partial charge in [0.2, 0.25) is 53.2 Å². The molecule has 0 fully saturated rings. The summed E-state index contributed by atoms with van der Waals surface area (Å²) in [5.41, 5.74) is 17.2. The third-order valence-electron chi connectivity index (χ3n) is 11.6. The highest BCUT2D eigenvalue weighted by Gasteiger charge is 2.37. The number of carbonyl (C=O) groups is 11. The highest BCUT2D eigenvalue weighted by molar-refractivity contribution is 7.98. The van der Waals surface area contributed by atoms with Crippen molar-refractivity contribution in [1.82, 2.24) is 47.9 Å². The van der Waals surface area contributed by atoms with Crippen molar-refractivity contribution in [2.75, 3.05) is 30.9 Å². The van der Waals surface area contributed by atoms with E-state index >= 15 is 0 Å². The van der Waals surface area contributed by atoms with Crippen molar-refractivity contribution < 1.29 is 68.1 Å². The van der Waals surface area contributed by atoms with E-state index in [1.807, 2.05) is 0 Å². The van der Waals surface area contributed by atoms with Crippen LogP contribution in [0, 0.1) is 17.8 Å². The third kappa shape index (κ3) is 26.1. The molecule has 0 aliphatic heterocycles. The van der Waals surface area contributed by atoms with Gasteiger partial charge in [-0.1, -0.05) is 71.9 Å². The van der Waals surface area contributed by atoms with E-state index in [0.29, 0.717) is 11.3 Å². The monoisotopic (exact) mass is 1140 g/mol. The number of nitrogens with two attached hydrogens (primary N) is 3. The van der Waals surface area contributed by atoms with E-state index in [1.54, 1.807) is 78.1 Å². The molecule has 27 nitrogen and oxygen atoms in total. The number of carboxylic acid groups (broad SMARTS) is 2. The molecule has 438 valence electrons. The van der Waals surface area contributed by atoms with Crippen LogP contribution in [-0.2, 0) is 59.2 Å². The lowest BCUT2D eigenvalue weighted by atomic mass is 9.99. The van der Waals surface area contributed by atoms with E-state index in [4.69, 9.17) is 17.2 Å². The zero-order valence-electron chi connectivity index (χ0n) is 45.3. The standard InChI is InChI=1S/C49H81N13O14S2/c1-24(2)19-32(44(71)62-39(27(7)63)47(74)60-37(25(3)4)46(73)59-33(20-28-13-10-9-11-14-28)45(72)61-38(26(5)6)48(75)76)55-35(64)22-54-41(68)30(15-12-17-53-49(51)52)57-43(70)34(21-36(65)66)58-42(69)31(16-18-78-8)56-40(67)29(50)23-77/h9-11,13-14,24-27,29-34,37-39,63,77H,12,15-23,50H2,1-8H3,(H,54,68)(H,55,64)(H,56,67)(H,57,70)(H,58,69)(H,59,73)(H,60,74)(H,61,72)(H,62,71)(H,65,66)(H,75,76)(H4,51,52,53)/t27-,29+,30+,31+,32+,33+,34+,37+,38+,39+/m1/s1. The first kappa shape index (κ1) is 69.3. The number of aliphatic carboxylic acids is 2. The van der Waals surface area contributed by atoms with Crippen molar-refractivity contribution in [3.63, 3.8) is 0 Å². The van der Waals surface area contributed by atoms with Crippen molar-refractivity contribution in [3.8, 4) is 0 Å². The summed E-state index contributed by atoms with van der Waals surface area (Å²) in [7, 11) is 0. The lowest BCUT2D eigenvalue weighted by molar-refractivity contribution is -0.143. The molecule has 9 amide bonds. The lowest BCUT2D eigenvalue weighted by Crippen LogP contribution is -2.62. The Morgan fingerprint density at radius 2 is 1.12 bits per heavy atom. The lowest BCUT2D eigenvalue weighted by Gasteiger charge is -2.29. The molecule has 1 aromatic carbocycles. The molecule has 78 heavy (non-hydrogen) atoms. The number of guanidine groups is 1. The molecule has 0 aliphatic rings. The molecule has 0 radical (unpaired) electrons.